The lowest BCUT2D eigenvalue weighted by molar-refractivity contribution is 0.0545. The first kappa shape index (κ1) is 17.6. The minimum absolute atomic E-state index is 0.00532. The molecule has 1 aromatic carbocycles. The zero-order chi connectivity index (χ0) is 17.3. The molecule has 0 aliphatic carbocycles. The van der Waals surface area contributed by atoms with Gasteiger partial charge in [-0.25, -0.2) is 5.12 Å². The largest absolute Gasteiger partial charge is 0.398 e. The highest BCUT2D eigenvalue weighted by Crippen LogP contribution is 2.24. The molecule has 0 saturated heterocycles. The molecule has 0 fully saturated rings. The van der Waals surface area contributed by atoms with Crippen molar-refractivity contribution in [2.24, 2.45) is 14.9 Å². The Labute approximate surface area is 141 Å². The molecule has 0 amide bonds. The average molecular weight is 358 g/mol. The fourth-order valence-corrected chi connectivity index (χ4v) is 3.08. The summed E-state index contributed by atoms with van der Waals surface area (Å²) in [6, 6.07) is 4.11. The molecule has 23 heavy (non-hydrogen) atoms. The Hall–Kier alpha value is -1.80. The van der Waals surface area contributed by atoms with Gasteiger partial charge in [0.2, 0.25) is 0 Å². The fourth-order valence-electron chi connectivity index (χ4n) is 1.98. The standard InChI is InChI=1S/C14H20ClN5O2S/c1-4-19(20-9-14(2,3)8-17-20)10-18-23(21,22)11-5-6-13(16)12(15)7-11/h5-8,10H,4,9,16H2,1-3H3/b18-10+. The van der Waals surface area contributed by atoms with E-state index in [0.717, 1.165) is 0 Å². The van der Waals surface area contributed by atoms with Crippen LogP contribution >= 0.6 is 11.6 Å². The van der Waals surface area contributed by atoms with Crippen LogP contribution in [0, 0.1) is 5.41 Å². The van der Waals surface area contributed by atoms with E-state index in [1.54, 1.807) is 10.1 Å². The molecule has 0 atom stereocenters. The third-order valence-electron chi connectivity index (χ3n) is 3.30. The summed E-state index contributed by atoms with van der Waals surface area (Å²) < 4.78 is 28.3. The van der Waals surface area contributed by atoms with Gasteiger partial charge in [0.25, 0.3) is 10.0 Å². The summed E-state index contributed by atoms with van der Waals surface area (Å²) in [7, 11) is -3.85. The van der Waals surface area contributed by atoms with Crippen LogP contribution in [-0.4, -0.2) is 44.2 Å². The van der Waals surface area contributed by atoms with Gasteiger partial charge in [0.1, 0.15) is 6.34 Å². The summed E-state index contributed by atoms with van der Waals surface area (Å²) in [5, 5.41) is 7.78. The molecular weight excluding hydrogens is 338 g/mol. The molecule has 1 aliphatic heterocycles. The molecule has 9 heteroatoms. The van der Waals surface area contributed by atoms with Crippen LogP contribution in [-0.2, 0) is 10.0 Å². The lowest BCUT2D eigenvalue weighted by Crippen LogP contribution is -2.39. The first-order chi connectivity index (χ1) is 10.6. The second-order valence-corrected chi connectivity index (χ2v) is 7.94. The van der Waals surface area contributed by atoms with Gasteiger partial charge in [-0.2, -0.15) is 13.5 Å². The van der Waals surface area contributed by atoms with E-state index in [1.165, 1.54) is 24.5 Å². The maximum absolute atomic E-state index is 12.3. The maximum atomic E-state index is 12.3. The molecular formula is C14H20ClN5O2S. The van der Waals surface area contributed by atoms with Crippen LogP contribution in [0.5, 0.6) is 0 Å². The van der Waals surface area contributed by atoms with Crippen molar-refractivity contribution in [3.05, 3.63) is 23.2 Å². The van der Waals surface area contributed by atoms with Crippen LogP contribution in [0.4, 0.5) is 5.69 Å². The Kier molecular flexibility index (Phi) is 4.86. The van der Waals surface area contributed by atoms with Crippen molar-refractivity contribution in [3.8, 4) is 0 Å². The Morgan fingerprint density at radius 2 is 2.22 bits per heavy atom. The molecule has 0 spiro atoms. The van der Waals surface area contributed by atoms with E-state index in [9.17, 15) is 8.42 Å². The maximum Gasteiger partial charge on any atom is 0.283 e. The highest BCUT2D eigenvalue weighted by molar-refractivity contribution is 7.90. The first-order valence-electron chi connectivity index (χ1n) is 7.09. The molecule has 2 rings (SSSR count). The van der Waals surface area contributed by atoms with Crippen molar-refractivity contribution in [2.45, 2.75) is 25.7 Å². The van der Waals surface area contributed by atoms with Gasteiger partial charge < -0.3 is 5.73 Å². The lowest BCUT2D eigenvalue weighted by atomic mass is 9.97. The van der Waals surface area contributed by atoms with E-state index in [1.807, 2.05) is 13.1 Å². The van der Waals surface area contributed by atoms with Gasteiger partial charge in [0.05, 0.1) is 22.2 Å². The molecule has 7 nitrogen and oxygen atoms in total. The number of hydrazine groups is 1. The Morgan fingerprint density at radius 1 is 1.52 bits per heavy atom. The van der Waals surface area contributed by atoms with Crippen molar-refractivity contribution in [1.29, 1.82) is 0 Å². The fraction of sp³-hybridized carbons (Fsp3) is 0.429. The number of hydrazone groups is 1. The van der Waals surface area contributed by atoms with Crippen molar-refractivity contribution in [3.63, 3.8) is 0 Å². The van der Waals surface area contributed by atoms with Crippen LogP contribution in [0.15, 0.2) is 32.6 Å². The molecule has 0 aromatic heterocycles. The molecule has 126 valence electrons. The number of benzene rings is 1. The highest BCUT2D eigenvalue weighted by Gasteiger charge is 2.27. The molecule has 0 unspecified atom stereocenters. The van der Waals surface area contributed by atoms with Crippen LogP contribution in [0.3, 0.4) is 0 Å². The predicted octanol–water partition coefficient (Wildman–Crippen LogP) is 2.20. The minimum atomic E-state index is -3.85. The Bertz CT molecular complexity index is 746. The number of sulfonamides is 1. The monoisotopic (exact) mass is 357 g/mol. The summed E-state index contributed by atoms with van der Waals surface area (Å²) in [6.45, 7) is 7.18. The third kappa shape index (κ3) is 4.14. The molecule has 1 aromatic rings. The van der Waals surface area contributed by atoms with Crippen LogP contribution < -0.4 is 5.73 Å². The number of nitrogens with zero attached hydrogens (tertiary/aromatic N) is 4. The van der Waals surface area contributed by atoms with Crippen LogP contribution in [0.1, 0.15) is 20.8 Å². The van der Waals surface area contributed by atoms with Gasteiger partial charge in [-0.3, -0.25) is 5.01 Å². The van der Waals surface area contributed by atoms with E-state index in [4.69, 9.17) is 17.3 Å². The second-order valence-electron chi connectivity index (χ2n) is 5.90. The molecule has 1 heterocycles. The van der Waals surface area contributed by atoms with E-state index < -0.39 is 10.0 Å². The van der Waals surface area contributed by atoms with Gasteiger partial charge in [-0.1, -0.05) is 25.4 Å². The van der Waals surface area contributed by atoms with Gasteiger partial charge in [-0.05, 0) is 25.1 Å². The van der Waals surface area contributed by atoms with Gasteiger partial charge in [0.15, 0.2) is 0 Å². The summed E-state index contributed by atoms with van der Waals surface area (Å²) in [5.74, 6) is 0. The van der Waals surface area contributed by atoms with Crippen molar-refractivity contribution in [1.82, 2.24) is 10.1 Å². The van der Waals surface area contributed by atoms with Crippen molar-refractivity contribution in [2.75, 3.05) is 18.8 Å². The van der Waals surface area contributed by atoms with Gasteiger partial charge >= 0.3 is 0 Å². The number of hydrogen-bond donors (Lipinski definition) is 1. The smallest absolute Gasteiger partial charge is 0.283 e. The SMILES string of the molecule is CCN(/C=N/S(=O)(=O)c1ccc(N)c(Cl)c1)N1CC(C)(C)C=N1. The summed E-state index contributed by atoms with van der Waals surface area (Å²) >= 11 is 5.87. The van der Waals surface area contributed by atoms with Gasteiger partial charge in [-0.15, -0.1) is 4.40 Å². The average Bonchev–Trinajstić information content (AvgIpc) is 2.82. The van der Waals surface area contributed by atoms with E-state index in [-0.39, 0.29) is 15.3 Å². The number of rotatable bonds is 5. The van der Waals surface area contributed by atoms with Gasteiger partial charge in [0, 0.05) is 18.2 Å². The topological polar surface area (TPSA) is 91.4 Å². The minimum Gasteiger partial charge on any atom is -0.398 e. The molecule has 0 saturated carbocycles. The van der Waals surface area contributed by atoms with Crippen molar-refractivity contribution >= 4 is 39.9 Å². The highest BCUT2D eigenvalue weighted by atomic mass is 35.5. The Morgan fingerprint density at radius 3 is 2.74 bits per heavy atom. The first-order valence-corrected chi connectivity index (χ1v) is 8.91. The molecule has 0 bridgehead atoms. The van der Waals surface area contributed by atoms with E-state index in [0.29, 0.717) is 18.8 Å². The van der Waals surface area contributed by atoms with E-state index >= 15 is 0 Å². The number of nitrogen functional groups attached to an aromatic ring is 1. The number of halogens is 1. The number of hydrogen-bond acceptors (Lipinski definition) is 5. The summed E-state index contributed by atoms with van der Waals surface area (Å²) in [5.41, 5.74) is 5.84. The molecule has 2 N–H and O–H groups in total. The zero-order valence-corrected chi connectivity index (χ0v) is 14.8. The quantitative estimate of drug-likeness (QED) is 0.495. The summed E-state index contributed by atoms with van der Waals surface area (Å²) in [4.78, 5) is -0.00532. The molecule has 1 aliphatic rings. The molecule has 0 radical (unpaired) electrons. The zero-order valence-electron chi connectivity index (χ0n) is 13.3. The Balaban J connectivity index is 2.19. The predicted molar refractivity (Wildman–Crippen MR) is 92.9 cm³/mol. The van der Waals surface area contributed by atoms with Crippen molar-refractivity contribution < 1.29 is 8.42 Å². The number of nitrogens with two attached hydrogens (primary N) is 1. The lowest BCUT2D eigenvalue weighted by Gasteiger charge is -2.28. The van der Waals surface area contributed by atoms with Crippen LogP contribution in [0.25, 0.3) is 0 Å². The second kappa shape index (κ2) is 6.37. The summed E-state index contributed by atoms with van der Waals surface area (Å²) in [6.07, 6.45) is 3.09. The third-order valence-corrected chi connectivity index (χ3v) is 4.85. The number of anilines is 1. The normalized spacial score (nSPS) is 17.1. The van der Waals surface area contributed by atoms with E-state index in [2.05, 4.69) is 23.3 Å². The van der Waals surface area contributed by atoms with Crippen LogP contribution in [0.2, 0.25) is 5.02 Å².